The summed E-state index contributed by atoms with van der Waals surface area (Å²) in [6.07, 6.45) is 4.41. The molecule has 0 aromatic heterocycles. The van der Waals surface area contributed by atoms with Crippen molar-refractivity contribution in [2.24, 2.45) is 11.1 Å². The SMILES string of the molecule is CCC(N)Cc1ccc(Cl)cc1N1CCC(C)(C)CC1. The van der Waals surface area contributed by atoms with Crippen LogP contribution in [0.15, 0.2) is 18.2 Å². The average Bonchev–Trinajstić information content (AvgIpc) is 2.41. The molecule has 1 aromatic carbocycles. The maximum Gasteiger partial charge on any atom is 0.0426 e. The van der Waals surface area contributed by atoms with Gasteiger partial charge in [0.15, 0.2) is 0 Å². The van der Waals surface area contributed by atoms with Crippen LogP contribution in [-0.2, 0) is 6.42 Å². The van der Waals surface area contributed by atoms with Gasteiger partial charge in [0.2, 0.25) is 0 Å². The molecule has 0 aliphatic carbocycles. The molecular weight excluding hydrogens is 268 g/mol. The summed E-state index contributed by atoms with van der Waals surface area (Å²) >= 11 is 6.20. The fourth-order valence-electron chi connectivity index (χ4n) is 2.78. The van der Waals surface area contributed by atoms with Crippen LogP contribution in [0.3, 0.4) is 0 Å². The van der Waals surface area contributed by atoms with E-state index in [2.05, 4.69) is 37.8 Å². The maximum absolute atomic E-state index is 6.20. The van der Waals surface area contributed by atoms with Gasteiger partial charge in [0.1, 0.15) is 0 Å². The molecule has 3 heteroatoms. The third-order valence-electron chi connectivity index (χ3n) is 4.51. The second-order valence-corrected chi connectivity index (χ2v) is 7.23. The molecule has 0 saturated carbocycles. The molecule has 1 aromatic rings. The molecule has 1 aliphatic heterocycles. The van der Waals surface area contributed by atoms with Crippen molar-refractivity contribution < 1.29 is 0 Å². The van der Waals surface area contributed by atoms with Gasteiger partial charge in [-0.25, -0.2) is 0 Å². The summed E-state index contributed by atoms with van der Waals surface area (Å²) in [5.41, 5.74) is 9.23. The van der Waals surface area contributed by atoms with Crippen LogP contribution in [-0.4, -0.2) is 19.1 Å². The van der Waals surface area contributed by atoms with Crippen molar-refractivity contribution in [3.63, 3.8) is 0 Å². The zero-order valence-electron chi connectivity index (χ0n) is 13.0. The number of nitrogens with two attached hydrogens (primary N) is 1. The molecule has 0 bridgehead atoms. The van der Waals surface area contributed by atoms with E-state index in [0.717, 1.165) is 31.0 Å². The van der Waals surface area contributed by atoms with E-state index < -0.39 is 0 Å². The summed E-state index contributed by atoms with van der Waals surface area (Å²) in [6, 6.07) is 6.47. The Kier molecular flexibility index (Phi) is 4.98. The maximum atomic E-state index is 6.20. The highest BCUT2D eigenvalue weighted by Crippen LogP contribution is 2.34. The van der Waals surface area contributed by atoms with Crippen LogP contribution in [0.25, 0.3) is 0 Å². The minimum atomic E-state index is 0.233. The number of hydrogen-bond acceptors (Lipinski definition) is 2. The zero-order valence-corrected chi connectivity index (χ0v) is 13.7. The molecule has 2 rings (SSSR count). The fourth-order valence-corrected chi connectivity index (χ4v) is 2.95. The summed E-state index contributed by atoms with van der Waals surface area (Å²) < 4.78 is 0. The molecule has 20 heavy (non-hydrogen) atoms. The smallest absolute Gasteiger partial charge is 0.0426 e. The van der Waals surface area contributed by atoms with Crippen LogP contribution in [0, 0.1) is 5.41 Å². The normalized spacial score (nSPS) is 19.9. The number of rotatable bonds is 4. The number of nitrogens with zero attached hydrogens (tertiary/aromatic N) is 1. The van der Waals surface area contributed by atoms with Gasteiger partial charge in [-0.15, -0.1) is 0 Å². The van der Waals surface area contributed by atoms with Crippen molar-refractivity contribution in [1.29, 1.82) is 0 Å². The number of anilines is 1. The van der Waals surface area contributed by atoms with E-state index in [0.29, 0.717) is 5.41 Å². The first-order chi connectivity index (χ1) is 9.41. The van der Waals surface area contributed by atoms with Crippen LogP contribution in [0.5, 0.6) is 0 Å². The second-order valence-electron chi connectivity index (χ2n) is 6.80. The Labute approximate surface area is 128 Å². The highest BCUT2D eigenvalue weighted by Gasteiger charge is 2.26. The first kappa shape index (κ1) is 15.7. The lowest BCUT2D eigenvalue weighted by atomic mass is 9.82. The Morgan fingerprint density at radius 2 is 1.95 bits per heavy atom. The first-order valence-corrected chi connectivity index (χ1v) is 8.08. The van der Waals surface area contributed by atoms with Crippen molar-refractivity contribution >= 4 is 17.3 Å². The van der Waals surface area contributed by atoms with Crippen molar-refractivity contribution in [2.75, 3.05) is 18.0 Å². The van der Waals surface area contributed by atoms with E-state index in [-0.39, 0.29) is 6.04 Å². The summed E-state index contributed by atoms with van der Waals surface area (Å²) in [6.45, 7) is 9.08. The third-order valence-corrected chi connectivity index (χ3v) is 4.75. The molecule has 1 atom stereocenters. The van der Waals surface area contributed by atoms with E-state index in [9.17, 15) is 0 Å². The van der Waals surface area contributed by atoms with Crippen molar-refractivity contribution in [3.8, 4) is 0 Å². The summed E-state index contributed by atoms with van der Waals surface area (Å²) in [7, 11) is 0. The highest BCUT2D eigenvalue weighted by atomic mass is 35.5. The first-order valence-electron chi connectivity index (χ1n) is 7.70. The second kappa shape index (κ2) is 6.36. The largest absolute Gasteiger partial charge is 0.371 e. The van der Waals surface area contributed by atoms with Crippen LogP contribution in [0.2, 0.25) is 5.02 Å². The van der Waals surface area contributed by atoms with E-state index >= 15 is 0 Å². The van der Waals surface area contributed by atoms with Gasteiger partial charge in [-0.2, -0.15) is 0 Å². The Bertz CT molecular complexity index is 446. The molecule has 1 aliphatic rings. The Morgan fingerprint density at radius 3 is 2.55 bits per heavy atom. The number of piperidine rings is 1. The molecule has 0 spiro atoms. The van der Waals surface area contributed by atoms with Crippen LogP contribution < -0.4 is 10.6 Å². The minimum absolute atomic E-state index is 0.233. The number of benzene rings is 1. The monoisotopic (exact) mass is 294 g/mol. The van der Waals surface area contributed by atoms with Gasteiger partial charge in [-0.3, -0.25) is 0 Å². The number of halogens is 1. The highest BCUT2D eigenvalue weighted by molar-refractivity contribution is 6.30. The molecular formula is C17H27ClN2. The van der Waals surface area contributed by atoms with Gasteiger partial charge in [-0.05, 0) is 48.8 Å². The van der Waals surface area contributed by atoms with Gasteiger partial charge in [-0.1, -0.05) is 38.4 Å². The van der Waals surface area contributed by atoms with Gasteiger partial charge in [0.05, 0.1) is 0 Å². The fraction of sp³-hybridized carbons (Fsp3) is 0.647. The van der Waals surface area contributed by atoms with Gasteiger partial charge in [0.25, 0.3) is 0 Å². The van der Waals surface area contributed by atoms with Crippen molar-refractivity contribution in [3.05, 3.63) is 28.8 Å². The Balaban J connectivity index is 2.19. The van der Waals surface area contributed by atoms with Crippen molar-refractivity contribution in [2.45, 2.75) is 52.5 Å². The lowest BCUT2D eigenvalue weighted by molar-refractivity contribution is 0.279. The Morgan fingerprint density at radius 1 is 1.30 bits per heavy atom. The zero-order chi connectivity index (χ0) is 14.8. The minimum Gasteiger partial charge on any atom is -0.371 e. The Hall–Kier alpha value is -0.730. The molecule has 1 saturated heterocycles. The van der Waals surface area contributed by atoms with E-state index in [4.69, 9.17) is 17.3 Å². The van der Waals surface area contributed by atoms with Gasteiger partial charge in [0, 0.05) is 29.8 Å². The number of hydrogen-bond donors (Lipinski definition) is 1. The molecule has 0 radical (unpaired) electrons. The van der Waals surface area contributed by atoms with Crippen LogP contribution in [0.1, 0.15) is 45.6 Å². The lowest BCUT2D eigenvalue weighted by Gasteiger charge is -2.39. The van der Waals surface area contributed by atoms with Crippen molar-refractivity contribution in [1.82, 2.24) is 0 Å². The summed E-state index contributed by atoms with van der Waals surface area (Å²) in [5, 5.41) is 0.818. The molecule has 1 unspecified atom stereocenters. The molecule has 2 nitrogen and oxygen atoms in total. The summed E-state index contributed by atoms with van der Waals surface area (Å²) in [5.74, 6) is 0. The predicted molar refractivity (Wildman–Crippen MR) is 88.7 cm³/mol. The van der Waals surface area contributed by atoms with Gasteiger partial charge < -0.3 is 10.6 Å². The summed E-state index contributed by atoms with van der Waals surface area (Å²) in [4.78, 5) is 2.48. The molecule has 1 fully saturated rings. The molecule has 112 valence electrons. The topological polar surface area (TPSA) is 29.3 Å². The third kappa shape index (κ3) is 3.89. The lowest BCUT2D eigenvalue weighted by Crippen LogP contribution is -2.38. The molecule has 1 heterocycles. The standard InChI is InChI=1S/C17H27ClN2/c1-4-15(19)11-13-5-6-14(18)12-16(13)20-9-7-17(2,3)8-10-20/h5-6,12,15H,4,7-11,19H2,1-3H3. The van der Waals surface area contributed by atoms with Crippen LogP contribution >= 0.6 is 11.6 Å². The van der Waals surface area contributed by atoms with E-state index in [1.807, 2.05) is 6.07 Å². The quantitative estimate of drug-likeness (QED) is 0.899. The predicted octanol–water partition coefficient (Wildman–Crippen LogP) is 4.25. The van der Waals surface area contributed by atoms with E-state index in [1.54, 1.807) is 0 Å². The van der Waals surface area contributed by atoms with E-state index in [1.165, 1.54) is 24.1 Å². The molecule has 2 N–H and O–H groups in total. The average molecular weight is 295 g/mol. The molecule has 0 amide bonds. The van der Waals surface area contributed by atoms with Gasteiger partial charge >= 0.3 is 0 Å². The van der Waals surface area contributed by atoms with Crippen LogP contribution in [0.4, 0.5) is 5.69 Å².